The summed E-state index contributed by atoms with van der Waals surface area (Å²) >= 11 is 5.87. The van der Waals surface area contributed by atoms with E-state index in [0.717, 1.165) is 0 Å². The maximum atomic E-state index is 13.5. The lowest BCUT2D eigenvalue weighted by Gasteiger charge is -2.29. The molecule has 0 heterocycles. The fraction of sp³-hybridized carbons (Fsp3) is 0.0476. The van der Waals surface area contributed by atoms with E-state index in [-0.39, 0.29) is 16.6 Å². The summed E-state index contributed by atoms with van der Waals surface area (Å²) in [6.45, 7) is 0. The monoisotopic (exact) mass is 365 g/mol. The highest BCUT2D eigenvalue weighted by atomic mass is 35.5. The lowest BCUT2D eigenvalue weighted by atomic mass is 9.84. The largest absolute Gasteiger partial charge is 0.362 e. The van der Waals surface area contributed by atoms with Crippen LogP contribution in [0.25, 0.3) is 0 Å². The number of hydrogen-bond acceptors (Lipinski definition) is 3. The van der Waals surface area contributed by atoms with Crippen molar-refractivity contribution in [1.82, 2.24) is 0 Å². The van der Waals surface area contributed by atoms with E-state index in [1.165, 1.54) is 18.2 Å². The molecule has 26 heavy (non-hydrogen) atoms. The van der Waals surface area contributed by atoms with Gasteiger partial charge in [0.15, 0.2) is 5.54 Å². The first-order valence-electron chi connectivity index (χ1n) is 8.01. The van der Waals surface area contributed by atoms with Gasteiger partial charge >= 0.3 is 0 Å². The maximum Gasteiger partial charge on any atom is 0.201 e. The summed E-state index contributed by atoms with van der Waals surface area (Å²) < 4.78 is 13.5. The Morgan fingerprint density at radius 3 is 1.96 bits per heavy atom. The molecule has 3 aromatic carbocycles. The molecular formula is C21H13ClFNO2. The Morgan fingerprint density at radius 1 is 0.808 bits per heavy atom. The van der Waals surface area contributed by atoms with E-state index in [1.54, 1.807) is 48.5 Å². The summed E-state index contributed by atoms with van der Waals surface area (Å²) in [7, 11) is 0. The summed E-state index contributed by atoms with van der Waals surface area (Å²) in [5.41, 5.74) is 0.0251. The minimum Gasteiger partial charge on any atom is -0.362 e. The molecular weight excluding hydrogens is 353 g/mol. The van der Waals surface area contributed by atoms with Gasteiger partial charge in [-0.3, -0.25) is 9.59 Å². The molecule has 0 bridgehead atoms. The normalized spacial score (nSPS) is 15.0. The van der Waals surface area contributed by atoms with Crippen LogP contribution in [0.5, 0.6) is 0 Å². The van der Waals surface area contributed by atoms with Crippen LogP contribution in [0.1, 0.15) is 26.3 Å². The number of carbonyl (C=O) groups excluding carboxylic acids is 2. The number of anilines is 1. The molecule has 4 rings (SSSR count). The second kappa shape index (κ2) is 6.07. The van der Waals surface area contributed by atoms with Gasteiger partial charge in [-0.2, -0.15) is 0 Å². The molecule has 1 N–H and O–H groups in total. The maximum absolute atomic E-state index is 13.5. The topological polar surface area (TPSA) is 46.2 Å². The quantitative estimate of drug-likeness (QED) is 0.674. The Labute approximate surface area is 154 Å². The van der Waals surface area contributed by atoms with Gasteiger partial charge in [-0.25, -0.2) is 4.39 Å². The summed E-state index contributed by atoms with van der Waals surface area (Å²) in [5, 5.41) is 2.95. The first-order valence-corrected chi connectivity index (χ1v) is 8.39. The van der Waals surface area contributed by atoms with Crippen molar-refractivity contribution in [3.05, 3.63) is 100 Å². The van der Waals surface area contributed by atoms with E-state index in [1.807, 2.05) is 6.07 Å². The smallest absolute Gasteiger partial charge is 0.201 e. The molecule has 0 spiro atoms. The first-order chi connectivity index (χ1) is 12.5. The first kappa shape index (κ1) is 16.5. The Balaban J connectivity index is 1.91. The third-order valence-corrected chi connectivity index (χ3v) is 4.85. The molecule has 3 aromatic rings. The molecule has 0 amide bonds. The second-order valence-electron chi connectivity index (χ2n) is 6.07. The lowest BCUT2D eigenvalue weighted by molar-refractivity contribution is 0.0819. The average Bonchev–Trinajstić information content (AvgIpc) is 2.88. The van der Waals surface area contributed by atoms with Crippen LogP contribution in [0.3, 0.4) is 0 Å². The number of carbonyl (C=O) groups is 2. The Morgan fingerprint density at radius 2 is 1.38 bits per heavy atom. The van der Waals surface area contributed by atoms with Gasteiger partial charge in [0.25, 0.3) is 0 Å². The van der Waals surface area contributed by atoms with E-state index in [9.17, 15) is 14.0 Å². The predicted molar refractivity (Wildman–Crippen MR) is 98.3 cm³/mol. The number of Topliss-reactive ketones (excluding diaryl/α,β-unsaturated/α-hetero) is 2. The molecule has 0 radical (unpaired) electrons. The van der Waals surface area contributed by atoms with Crippen LogP contribution >= 0.6 is 11.6 Å². The van der Waals surface area contributed by atoms with Crippen molar-refractivity contribution >= 4 is 28.9 Å². The highest BCUT2D eigenvalue weighted by Crippen LogP contribution is 2.40. The van der Waals surface area contributed by atoms with Gasteiger partial charge in [0.05, 0.1) is 5.02 Å². The fourth-order valence-electron chi connectivity index (χ4n) is 3.31. The van der Waals surface area contributed by atoms with Crippen molar-refractivity contribution in [3.63, 3.8) is 0 Å². The number of rotatable bonds is 3. The summed E-state index contributed by atoms with van der Waals surface area (Å²) in [5.74, 6) is -1.26. The third kappa shape index (κ3) is 2.34. The fourth-order valence-corrected chi connectivity index (χ4v) is 3.49. The average molecular weight is 366 g/mol. The second-order valence-corrected chi connectivity index (χ2v) is 6.48. The van der Waals surface area contributed by atoms with Crippen LogP contribution in [-0.2, 0) is 5.54 Å². The minimum atomic E-state index is -1.61. The van der Waals surface area contributed by atoms with Crippen molar-refractivity contribution in [2.24, 2.45) is 0 Å². The molecule has 0 atom stereocenters. The zero-order valence-corrected chi connectivity index (χ0v) is 14.3. The number of halogens is 2. The Kier molecular flexibility index (Phi) is 3.85. The van der Waals surface area contributed by atoms with Gasteiger partial charge in [0.1, 0.15) is 5.82 Å². The van der Waals surface area contributed by atoms with E-state index in [2.05, 4.69) is 5.32 Å². The number of ketones is 2. The number of benzene rings is 3. The molecule has 0 saturated heterocycles. The third-order valence-electron chi connectivity index (χ3n) is 4.56. The minimum absolute atomic E-state index is 0.0892. The zero-order chi connectivity index (χ0) is 18.3. The van der Waals surface area contributed by atoms with Crippen LogP contribution in [0, 0.1) is 5.82 Å². The van der Waals surface area contributed by atoms with Gasteiger partial charge in [-0.15, -0.1) is 0 Å². The van der Waals surface area contributed by atoms with Crippen molar-refractivity contribution in [2.75, 3.05) is 5.32 Å². The van der Waals surface area contributed by atoms with Gasteiger partial charge in [0, 0.05) is 16.8 Å². The highest BCUT2D eigenvalue weighted by Gasteiger charge is 2.54. The number of nitrogens with one attached hydrogen (secondary N) is 1. The van der Waals surface area contributed by atoms with Gasteiger partial charge in [-0.1, -0.05) is 66.2 Å². The molecule has 0 unspecified atom stereocenters. The van der Waals surface area contributed by atoms with Gasteiger partial charge < -0.3 is 5.32 Å². The van der Waals surface area contributed by atoms with Crippen LogP contribution in [0.15, 0.2) is 72.8 Å². The van der Waals surface area contributed by atoms with Crippen LogP contribution in [0.4, 0.5) is 10.1 Å². The molecule has 1 aliphatic rings. The number of hydrogen-bond donors (Lipinski definition) is 1. The van der Waals surface area contributed by atoms with E-state index < -0.39 is 11.4 Å². The van der Waals surface area contributed by atoms with E-state index in [0.29, 0.717) is 22.4 Å². The summed E-state index contributed by atoms with van der Waals surface area (Å²) in [6.07, 6.45) is 0. The molecule has 5 heteroatoms. The molecule has 0 aromatic heterocycles. The van der Waals surface area contributed by atoms with Crippen molar-refractivity contribution in [3.8, 4) is 0 Å². The van der Waals surface area contributed by atoms with Crippen molar-refractivity contribution in [2.45, 2.75) is 5.54 Å². The SMILES string of the molecule is O=C1c2ccccc2C(=O)C1(Nc1ccc(F)c(Cl)c1)c1ccccc1. The highest BCUT2D eigenvalue weighted by molar-refractivity contribution is 6.34. The van der Waals surface area contributed by atoms with E-state index in [4.69, 9.17) is 11.6 Å². The van der Waals surface area contributed by atoms with Gasteiger partial charge in [0.2, 0.25) is 11.6 Å². The Hall–Kier alpha value is -2.98. The van der Waals surface area contributed by atoms with Crippen molar-refractivity contribution in [1.29, 1.82) is 0 Å². The molecule has 0 fully saturated rings. The predicted octanol–water partition coefficient (Wildman–Crippen LogP) is 4.87. The lowest BCUT2D eigenvalue weighted by Crippen LogP contribution is -2.46. The zero-order valence-electron chi connectivity index (χ0n) is 13.5. The molecule has 0 aliphatic heterocycles. The molecule has 128 valence electrons. The summed E-state index contributed by atoms with van der Waals surface area (Å²) in [6, 6.07) is 19.5. The van der Waals surface area contributed by atoms with Gasteiger partial charge in [-0.05, 0) is 23.8 Å². The molecule has 1 aliphatic carbocycles. The molecule has 3 nitrogen and oxygen atoms in total. The Bertz CT molecular complexity index is 998. The molecule has 0 saturated carbocycles. The van der Waals surface area contributed by atoms with Crippen molar-refractivity contribution < 1.29 is 14.0 Å². The van der Waals surface area contributed by atoms with Crippen LogP contribution in [0.2, 0.25) is 5.02 Å². The van der Waals surface area contributed by atoms with Crippen LogP contribution < -0.4 is 5.32 Å². The van der Waals surface area contributed by atoms with Crippen LogP contribution in [-0.4, -0.2) is 11.6 Å². The number of fused-ring (bicyclic) bond motifs is 1. The van der Waals surface area contributed by atoms with E-state index >= 15 is 0 Å². The standard InChI is InChI=1S/C21H13ClFNO2/c22-17-12-14(10-11-18(17)23)24-21(13-6-2-1-3-7-13)19(25)15-8-4-5-9-16(15)20(21)26/h1-12,24H. The summed E-state index contributed by atoms with van der Waals surface area (Å²) in [4.78, 5) is 26.6.